The lowest BCUT2D eigenvalue weighted by atomic mass is 10.2. The first-order valence-corrected chi connectivity index (χ1v) is 5.07. The second-order valence-electron chi connectivity index (χ2n) is 3.56. The van der Waals surface area contributed by atoms with Crippen molar-refractivity contribution in [2.45, 2.75) is 45.6 Å². The van der Waals surface area contributed by atoms with E-state index in [9.17, 15) is 14.4 Å². The molecule has 1 aliphatic heterocycles. The molecule has 3 atom stereocenters. The summed E-state index contributed by atoms with van der Waals surface area (Å²) in [5.74, 6) is -2.39. The van der Waals surface area contributed by atoms with Gasteiger partial charge < -0.3 is 18.9 Å². The first-order valence-electron chi connectivity index (χ1n) is 7.20. The number of carbonyl (C=O) groups is 3. The Labute approximate surface area is 109 Å². The molecule has 18 heavy (non-hydrogen) atoms. The monoisotopic (exact) mass is 263 g/mol. The van der Waals surface area contributed by atoms with Gasteiger partial charge in [-0.1, -0.05) is 0 Å². The molecule has 0 aromatic rings. The van der Waals surface area contributed by atoms with Crippen LogP contribution in [0.15, 0.2) is 0 Å². The lowest BCUT2D eigenvalue weighted by Gasteiger charge is -2.17. The predicted molar refractivity (Wildman–Crippen MR) is 57.2 cm³/mol. The fourth-order valence-corrected chi connectivity index (χ4v) is 1.50. The third-order valence-corrected chi connectivity index (χ3v) is 2.09. The van der Waals surface area contributed by atoms with Crippen LogP contribution in [0.5, 0.6) is 0 Å². The van der Waals surface area contributed by atoms with Crippen LogP contribution in [0.4, 0.5) is 0 Å². The van der Waals surface area contributed by atoms with Crippen molar-refractivity contribution in [2.24, 2.45) is 0 Å². The minimum Gasteiger partial charge on any atom is -0.463 e. The molecule has 0 radical (unpaired) electrons. The molecular weight excluding hydrogens is 244 g/mol. The highest BCUT2D eigenvalue weighted by molar-refractivity contribution is 5.67. The molecule has 0 aliphatic carbocycles. The number of carbonyl (C=O) groups excluding carboxylic acids is 3. The lowest BCUT2D eigenvalue weighted by molar-refractivity contribution is -0.196. The minimum atomic E-state index is -1.20. The van der Waals surface area contributed by atoms with E-state index in [-0.39, 0.29) is 13.0 Å². The number of ether oxygens (including phenoxy) is 4. The normalized spacial score (nSPS) is 28.7. The molecule has 1 rings (SSSR count). The van der Waals surface area contributed by atoms with Crippen molar-refractivity contribution in [3.05, 3.63) is 0 Å². The Morgan fingerprint density at radius 3 is 2.50 bits per heavy atom. The van der Waals surface area contributed by atoms with E-state index < -0.39 is 57.1 Å². The third-order valence-electron chi connectivity index (χ3n) is 2.09. The van der Waals surface area contributed by atoms with Crippen LogP contribution >= 0.6 is 0 Å². The number of hydrogen-bond acceptors (Lipinski definition) is 7. The van der Waals surface area contributed by atoms with Gasteiger partial charge in [-0.3, -0.25) is 14.4 Å². The van der Waals surface area contributed by atoms with E-state index in [0.717, 1.165) is 0 Å². The largest absolute Gasteiger partial charge is 0.463 e. The Morgan fingerprint density at radius 1 is 1.17 bits per heavy atom. The van der Waals surface area contributed by atoms with Gasteiger partial charge in [0, 0.05) is 31.2 Å². The lowest BCUT2D eigenvalue weighted by Crippen LogP contribution is -2.30. The summed E-state index contributed by atoms with van der Waals surface area (Å²) in [7, 11) is 0. The maximum Gasteiger partial charge on any atom is 0.305 e. The van der Waals surface area contributed by atoms with Crippen molar-refractivity contribution in [3.63, 3.8) is 0 Å². The minimum absolute atomic E-state index is 0.118. The van der Waals surface area contributed by atoms with E-state index >= 15 is 0 Å². The summed E-state index contributed by atoms with van der Waals surface area (Å²) in [5.41, 5.74) is 0. The molecule has 0 aromatic heterocycles. The fraction of sp³-hybridized carbons (Fsp3) is 0.727. The molecule has 0 aromatic carbocycles. The van der Waals surface area contributed by atoms with E-state index in [0.29, 0.717) is 0 Å². The van der Waals surface area contributed by atoms with Crippen LogP contribution in [-0.2, 0) is 33.3 Å². The Hall–Kier alpha value is -1.63. The van der Waals surface area contributed by atoms with E-state index in [1.807, 2.05) is 0 Å². The molecule has 0 saturated carbocycles. The average molecular weight is 263 g/mol. The van der Waals surface area contributed by atoms with E-state index in [4.69, 9.17) is 23.1 Å². The summed E-state index contributed by atoms with van der Waals surface area (Å²) in [4.78, 5) is 33.1. The van der Waals surface area contributed by atoms with Crippen molar-refractivity contribution in [1.29, 1.82) is 0 Å². The fourth-order valence-electron chi connectivity index (χ4n) is 1.50. The van der Waals surface area contributed by atoms with E-state index in [2.05, 4.69) is 0 Å². The van der Waals surface area contributed by atoms with Gasteiger partial charge in [0.05, 0.1) is 6.10 Å². The molecule has 102 valence electrons. The van der Waals surface area contributed by atoms with Gasteiger partial charge in [0.15, 0.2) is 6.10 Å². The number of esters is 3. The third kappa shape index (κ3) is 4.70. The van der Waals surface area contributed by atoms with Crippen LogP contribution in [-0.4, -0.2) is 43.0 Å². The highest BCUT2D eigenvalue weighted by Crippen LogP contribution is 2.24. The Balaban J connectivity index is 2.57. The molecule has 7 heteroatoms. The summed E-state index contributed by atoms with van der Waals surface area (Å²) in [6.07, 6.45) is -2.66. The summed E-state index contributed by atoms with van der Waals surface area (Å²) in [6.45, 7) is -1.89. The number of hydrogen-bond donors (Lipinski definition) is 0. The molecule has 0 N–H and O–H groups in total. The Kier molecular flexibility index (Phi) is 3.63. The summed E-state index contributed by atoms with van der Waals surface area (Å²) < 4.78 is 40.3. The average Bonchev–Trinajstić information content (AvgIpc) is 2.86. The van der Waals surface area contributed by atoms with Crippen molar-refractivity contribution >= 4 is 17.9 Å². The molecule has 0 spiro atoms. The molecule has 0 bridgehead atoms. The van der Waals surface area contributed by atoms with Gasteiger partial charge in [0.2, 0.25) is 6.29 Å². The van der Waals surface area contributed by atoms with Gasteiger partial charge in [-0.05, 0) is 0 Å². The van der Waals surface area contributed by atoms with Gasteiger partial charge in [-0.15, -0.1) is 0 Å². The predicted octanol–water partition coefficient (Wildman–Crippen LogP) is 0.159. The molecule has 1 aliphatic rings. The standard InChI is InChI=1S/C11H16O7/c1-6(12)15-5-9-4-10(16-7(2)13)11(18-9)17-8(3)14/h9-11H,4-5H2,1-3H3/t9-,10+,11?/m0/s1/i1D,2D,3D. The summed E-state index contributed by atoms with van der Waals surface area (Å²) in [5, 5.41) is 0. The highest BCUT2D eigenvalue weighted by Gasteiger charge is 2.40. The van der Waals surface area contributed by atoms with Crippen molar-refractivity contribution in [3.8, 4) is 0 Å². The first kappa shape index (κ1) is 10.3. The zero-order valence-electron chi connectivity index (χ0n) is 12.6. The second-order valence-corrected chi connectivity index (χ2v) is 3.56. The Bertz CT molecular complexity index is 364. The van der Waals surface area contributed by atoms with Crippen LogP contribution in [0.25, 0.3) is 0 Å². The van der Waals surface area contributed by atoms with Gasteiger partial charge in [0.25, 0.3) is 0 Å². The van der Waals surface area contributed by atoms with Crippen LogP contribution in [0, 0.1) is 0 Å². The van der Waals surface area contributed by atoms with E-state index in [1.54, 1.807) is 0 Å². The summed E-state index contributed by atoms with van der Waals surface area (Å²) in [6, 6.07) is 0. The topological polar surface area (TPSA) is 88.1 Å². The molecule has 1 saturated heterocycles. The van der Waals surface area contributed by atoms with Crippen molar-refractivity contribution < 1.29 is 37.4 Å². The van der Waals surface area contributed by atoms with Crippen molar-refractivity contribution in [2.75, 3.05) is 6.61 Å². The zero-order valence-corrected chi connectivity index (χ0v) is 9.63. The SMILES string of the molecule is [2H]CC(=O)OC[C@@H]1C[C@@H](OC(=O)C[2H])C(OC(=O)C[2H])O1. The molecule has 0 amide bonds. The van der Waals surface area contributed by atoms with Crippen LogP contribution < -0.4 is 0 Å². The van der Waals surface area contributed by atoms with Gasteiger partial charge >= 0.3 is 17.9 Å². The highest BCUT2D eigenvalue weighted by atomic mass is 16.7. The molecule has 7 nitrogen and oxygen atoms in total. The number of rotatable bonds is 4. The Morgan fingerprint density at radius 2 is 1.83 bits per heavy atom. The zero-order chi connectivity index (χ0) is 15.8. The second kappa shape index (κ2) is 6.34. The maximum absolute atomic E-state index is 11.1. The maximum atomic E-state index is 11.1. The van der Waals surface area contributed by atoms with Gasteiger partial charge in [0.1, 0.15) is 6.61 Å². The van der Waals surface area contributed by atoms with Gasteiger partial charge in [-0.25, -0.2) is 0 Å². The molecule has 1 heterocycles. The first-order chi connectivity index (χ1) is 9.99. The molecular formula is C11H16O7. The molecule has 1 unspecified atom stereocenters. The van der Waals surface area contributed by atoms with Crippen LogP contribution in [0.3, 0.4) is 0 Å². The van der Waals surface area contributed by atoms with Crippen LogP contribution in [0.1, 0.15) is 31.2 Å². The van der Waals surface area contributed by atoms with E-state index in [1.165, 1.54) is 0 Å². The van der Waals surface area contributed by atoms with Crippen molar-refractivity contribution in [1.82, 2.24) is 0 Å². The van der Waals surface area contributed by atoms with Crippen LogP contribution in [0.2, 0.25) is 0 Å². The van der Waals surface area contributed by atoms with Gasteiger partial charge in [-0.2, -0.15) is 0 Å². The summed E-state index contributed by atoms with van der Waals surface area (Å²) >= 11 is 0. The molecule has 1 fully saturated rings. The quantitative estimate of drug-likeness (QED) is 0.527. The smallest absolute Gasteiger partial charge is 0.305 e.